The van der Waals surface area contributed by atoms with E-state index in [0.717, 1.165) is 16.6 Å². The maximum atomic E-state index is 12.0. The number of esters is 1. The summed E-state index contributed by atoms with van der Waals surface area (Å²) < 4.78 is 17.8. The molecule has 1 aliphatic rings. The Kier molecular flexibility index (Phi) is 3.42. The van der Waals surface area contributed by atoms with Crippen LogP contribution in [-0.2, 0) is 11.8 Å². The van der Waals surface area contributed by atoms with Crippen LogP contribution in [-0.4, -0.2) is 22.3 Å². The largest absolute Gasteiger partial charge is 0.454 e. The third kappa shape index (κ3) is 2.69. The van der Waals surface area contributed by atoms with Crippen molar-refractivity contribution in [1.29, 1.82) is 0 Å². The predicted molar refractivity (Wildman–Crippen MR) is 87.9 cm³/mol. The molecule has 3 aromatic rings. The number of carbonyl (C=O) groups excluding carboxylic acids is 1. The molecule has 6 nitrogen and oxygen atoms in total. The lowest BCUT2D eigenvalue weighted by Gasteiger charge is -2.02. The van der Waals surface area contributed by atoms with E-state index in [9.17, 15) is 4.79 Å². The zero-order chi connectivity index (χ0) is 16.5. The summed E-state index contributed by atoms with van der Waals surface area (Å²) in [5, 5.41) is 0. The zero-order valence-electron chi connectivity index (χ0n) is 12.9. The Labute approximate surface area is 137 Å². The molecule has 0 N–H and O–H groups in total. The fourth-order valence-electron chi connectivity index (χ4n) is 2.51. The first-order chi connectivity index (χ1) is 11.7. The van der Waals surface area contributed by atoms with Crippen LogP contribution >= 0.6 is 0 Å². The summed E-state index contributed by atoms with van der Waals surface area (Å²) >= 11 is 0. The Morgan fingerprint density at radius 2 is 2.08 bits per heavy atom. The van der Waals surface area contributed by atoms with Crippen molar-refractivity contribution in [2.24, 2.45) is 7.05 Å². The van der Waals surface area contributed by atoms with Gasteiger partial charge in [0.15, 0.2) is 11.5 Å². The fourth-order valence-corrected chi connectivity index (χ4v) is 2.51. The Morgan fingerprint density at radius 1 is 1.21 bits per heavy atom. The summed E-state index contributed by atoms with van der Waals surface area (Å²) in [5.74, 6) is 1.38. The highest BCUT2D eigenvalue weighted by Crippen LogP contribution is 2.32. The van der Waals surface area contributed by atoms with Crippen LogP contribution in [0.4, 0.5) is 0 Å². The molecule has 1 aromatic heterocycles. The molecule has 2 aromatic carbocycles. The average Bonchev–Trinajstić information content (AvgIpc) is 3.19. The number of aromatic nitrogens is 2. The number of carbonyl (C=O) groups is 1. The number of rotatable bonds is 3. The van der Waals surface area contributed by atoms with Gasteiger partial charge in [-0.15, -0.1) is 0 Å². The number of fused-ring (bicyclic) bond motifs is 2. The summed E-state index contributed by atoms with van der Waals surface area (Å²) in [6, 6.07) is 10.8. The molecule has 0 saturated heterocycles. The molecular weight excluding hydrogens is 308 g/mol. The Morgan fingerprint density at radius 3 is 3.00 bits per heavy atom. The van der Waals surface area contributed by atoms with Crippen LogP contribution in [0.15, 0.2) is 48.8 Å². The number of aryl methyl sites for hydroxylation is 1. The first kappa shape index (κ1) is 14.3. The highest BCUT2D eigenvalue weighted by Gasteiger charge is 2.12. The number of benzene rings is 2. The SMILES string of the molecule is Cn1cnc2cc(OC(=O)/C=C/c3ccc4c(c3)OCO4)ccc21. The normalized spacial score (nSPS) is 12.9. The van der Waals surface area contributed by atoms with Crippen LogP contribution < -0.4 is 14.2 Å². The molecule has 1 aliphatic heterocycles. The van der Waals surface area contributed by atoms with Crippen molar-refractivity contribution >= 4 is 23.1 Å². The van der Waals surface area contributed by atoms with Gasteiger partial charge in [-0.05, 0) is 35.9 Å². The first-order valence-electron chi connectivity index (χ1n) is 7.40. The number of nitrogens with zero attached hydrogens (tertiary/aromatic N) is 2. The van der Waals surface area contributed by atoms with Gasteiger partial charge in [-0.3, -0.25) is 0 Å². The Balaban J connectivity index is 1.47. The van der Waals surface area contributed by atoms with E-state index >= 15 is 0 Å². The monoisotopic (exact) mass is 322 g/mol. The maximum Gasteiger partial charge on any atom is 0.336 e. The van der Waals surface area contributed by atoms with E-state index in [0.29, 0.717) is 17.2 Å². The van der Waals surface area contributed by atoms with Gasteiger partial charge >= 0.3 is 5.97 Å². The van der Waals surface area contributed by atoms with E-state index in [-0.39, 0.29) is 6.79 Å². The zero-order valence-corrected chi connectivity index (χ0v) is 12.9. The van der Waals surface area contributed by atoms with Crippen molar-refractivity contribution in [3.8, 4) is 17.2 Å². The van der Waals surface area contributed by atoms with Gasteiger partial charge in [-0.1, -0.05) is 6.07 Å². The smallest absolute Gasteiger partial charge is 0.336 e. The molecule has 0 radical (unpaired) electrons. The van der Waals surface area contributed by atoms with E-state index in [2.05, 4.69) is 4.98 Å². The van der Waals surface area contributed by atoms with Gasteiger partial charge in [0.2, 0.25) is 6.79 Å². The van der Waals surface area contributed by atoms with Crippen molar-refractivity contribution in [1.82, 2.24) is 9.55 Å². The highest BCUT2D eigenvalue weighted by molar-refractivity contribution is 5.89. The molecule has 0 saturated carbocycles. The molecule has 0 amide bonds. The van der Waals surface area contributed by atoms with Crippen LogP contribution in [0.1, 0.15) is 5.56 Å². The molecule has 4 rings (SSSR count). The van der Waals surface area contributed by atoms with Crippen LogP contribution in [0.2, 0.25) is 0 Å². The van der Waals surface area contributed by atoms with Crippen molar-refractivity contribution in [3.05, 3.63) is 54.4 Å². The average molecular weight is 322 g/mol. The van der Waals surface area contributed by atoms with Gasteiger partial charge in [-0.25, -0.2) is 9.78 Å². The van der Waals surface area contributed by atoms with Gasteiger partial charge in [0.25, 0.3) is 0 Å². The number of hydrogen-bond donors (Lipinski definition) is 0. The summed E-state index contributed by atoms with van der Waals surface area (Å²) in [7, 11) is 1.91. The molecule has 2 heterocycles. The second-order valence-corrected chi connectivity index (χ2v) is 5.37. The maximum absolute atomic E-state index is 12.0. The molecule has 0 atom stereocenters. The lowest BCUT2D eigenvalue weighted by Crippen LogP contribution is -2.03. The highest BCUT2D eigenvalue weighted by atomic mass is 16.7. The minimum atomic E-state index is -0.456. The molecule has 24 heavy (non-hydrogen) atoms. The Bertz CT molecular complexity index is 959. The van der Waals surface area contributed by atoms with E-state index in [1.807, 2.05) is 35.9 Å². The molecule has 120 valence electrons. The van der Waals surface area contributed by atoms with Gasteiger partial charge in [0.05, 0.1) is 17.4 Å². The minimum absolute atomic E-state index is 0.223. The standard InChI is InChI=1S/C18H14N2O4/c1-20-10-19-14-9-13(4-5-15(14)20)24-18(21)7-3-12-2-6-16-17(8-12)23-11-22-16/h2-10H,11H2,1H3/b7-3+. The number of ether oxygens (including phenoxy) is 3. The van der Waals surface area contributed by atoms with Crippen molar-refractivity contribution in [2.75, 3.05) is 6.79 Å². The molecule has 0 aliphatic carbocycles. The van der Waals surface area contributed by atoms with Gasteiger partial charge in [-0.2, -0.15) is 0 Å². The second-order valence-electron chi connectivity index (χ2n) is 5.37. The molecule has 6 heteroatoms. The van der Waals surface area contributed by atoms with Gasteiger partial charge < -0.3 is 18.8 Å². The quantitative estimate of drug-likeness (QED) is 0.421. The predicted octanol–water partition coefficient (Wildman–Crippen LogP) is 2.92. The van der Waals surface area contributed by atoms with E-state index < -0.39 is 5.97 Å². The van der Waals surface area contributed by atoms with Crippen molar-refractivity contribution in [3.63, 3.8) is 0 Å². The number of hydrogen-bond acceptors (Lipinski definition) is 5. The van der Waals surface area contributed by atoms with Crippen LogP contribution in [0.3, 0.4) is 0 Å². The third-order valence-corrected chi connectivity index (χ3v) is 3.72. The topological polar surface area (TPSA) is 62.6 Å². The van der Waals surface area contributed by atoms with Gasteiger partial charge in [0, 0.05) is 19.2 Å². The summed E-state index contributed by atoms with van der Waals surface area (Å²) in [6.45, 7) is 0.223. The third-order valence-electron chi connectivity index (χ3n) is 3.72. The minimum Gasteiger partial charge on any atom is -0.454 e. The summed E-state index contributed by atoms with van der Waals surface area (Å²) in [5.41, 5.74) is 2.59. The lowest BCUT2D eigenvalue weighted by atomic mass is 10.2. The number of imidazole rings is 1. The van der Waals surface area contributed by atoms with Crippen LogP contribution in [0, 0.1) is 0 Å². The second kappa shape index (κ2) is 5.73. The molecule has 0 unspecified atom stereocenters. The summed E-state index contributed by atoms with van der Waals surface area (Å²) in [6.07, 6.45) is 4.76. The van der Waals surface area contributed by atoms with Crippen molar-refractivity contribution in [2.45, 2.75) is 0 Å². The molecule has 0 fully saturated rings. The molecule has 0 bridgehead atoms. The van der Waals surface area contributed by atoms with E-state index in [4.69, 9.17) is 14.2 Å². The van der Waals surface area contributed by atoms with Crippen molar-refractivity contribution < 1.29 is 19.0 Å². The molecule has 0 spiro atoms. The van der Waals surface area contributed by atoms with Crippen LogP contribution in [0.5, 0.6) is 17.2 Å². The van der Waals surface area contributed by atoms with E-state index in [1.165, 1.54) is 6.08 Å². The lowest BCUT2D eigenvalue weighted by molar-refractivity contribution is -0.128. The Hall–Kier alpha value is -3.28. The summed E-state index contributed by atoms with van der Waals surface area (Å²) in [4.78, 5) is 16.2. The molecular formula is C18H14N2O4. The van der Waals surface area contributed by atoms with E-state index in [1.54, 1.807) is 24.5 Å². The van der Waals surface area contributed by atoms with Gasteiger partial charge in [0.1, 0.15) is 5.75 Å². The van der Waals surface area contributed by atoms with Crippen LogP contribution in [0.25, 0.3) is 17.1 Å². The first-order valence-corrected chi connectivity index (χ1v) is 7.40. The fraction of sp³-hybridized carbons (Fsp3) is 0.111.